The maximum atomic E-state index is 12.4. The average molecular weight is 402 g/mol. The number of fused-ring (bicyclic) bond motifs is 5. The highest BCUT2D eigenvalue weighted by atomic mass is 16.1. The molecule has 4 rings (SSSR count). The van der Waals surface area contributed by atoms with E-state index in [-0.39, 0.29) is 10.8 Å². The van der Waals surface area contributed by atoms with E-state index in [0.29, 0.717) is 23.8 Å². The molecular formula is C27H47NO. The summed E-state index contributed by atoms with van der Waals surface area (Å²) in [5.74, 6) is 4.74. The number of hydrogen-bond acceptors (Lipinski definition) is 1. The minimum Gasteiger partial charge on any atom is -0.353 e. The molecule has 166 valence electrons. The standard InChI is InChI=1S/C27H47NO/c1-18(2)9-7-8-10-19-11-13-21-20-12-14-23-27(6,22(20)15-16-26(19,21)5)25(3,4)17-24(29)28-23/h18-23H,7-17H2,1-6H3,(H,28,29)/t19-,20-,21-,22-,23+,26+,27+/m0/s1. The third-order valence-electron chi connectivity index (χ3n) is 10.9. The Kier molecular flexibility index (Phi) is 5.65. The molecule has 3 saturated carbocycles. The molecule has 0 unspecified atom stereocenters. The predicted molar refractivity (Wildman–Crippen MR) is 122 cm³/mol. The van der Waals surface area contributed by atoms with E-state index in [1.807, 2.05) is 0 Å². The van der Waals surface area contributed by atoms with Crippen LogP contribution in [0.4, 0.5) is 0 Å². The Morgan fingerprint density at radius 3 is 2.45 bits per heavy atom. The summed E-state index contributed by atoms with van der Waals surface area (Å²) in [5.41, 5.74) is 0.969. The van der Waals surface area contributed by atoms with Crippen molar-refractivity contribution < 1.29 is 4.79 Å². The quantitative estimate of drug-likeness (QED) is 0.495. The molecule has 2 nitrogen and oxygen atoms in total. The van der Waals surface area contributed by atoms with Crippen LogP contribution in [-0.2, 0) is 4.79 Å². The zero-order valence-corrected chi connectivity index (χ0v) is 20.2. The molecule has 0 aromatic heterocycles. The van der Waals surface area contributed by atoms with Crippen LogP contribution in [0.1, 0.15) is 112 Å². The van der Waals surface area contributed by atoms with E-state index in [4.69, 9.17) is 0 Å². The summed E-state index contributed by atoms with van der Waals surface area (Å²) in [6.45, 7) is 14.7. The van der Waals surface area contributed by atoms with Crippen molar-refractivity contribution in [2.75, 3.05) is 0 Å². The highest BCUT2D eigenvalue weighted by Crippen LogP contribution is 2.68. The van der Waals surface area contributed by atoms with Gasteiger partial charge < -0.3 is 5.32 Å². The molecule has 1 aliphatic heterocycles. The minimum atomic E-state index is 0.117. The lowest BCUT2D eigenvalue weighted by Crippen LogP contribution is -2.67. The number of piperidine rings is 1. The number of rotatable bonds is 5. The van der Waals surface area contributed by atoms with Crippen LogP contribution in [0.3, 0.4) is 0 Å². The molecule has 0 spiro atoms. The van der Waals surface area contributed by atoms with Gasteiger partial charge in [-0.3, -0.25) is 4.79 Å². The van der Waals surface area contributed by atoms with Crippen LogP contribution in [0.2, 0.25) is 0 Å². The number of unbranched alkanes of at least 4 members (excludes halogenated alkanes) is 1. The summed E-state index contributed by atoms with van der Waals surface area (Å²) in [6, 6.07) is 0.401. The second kappa shape index (κ2) is 7.56. The van der Waals surface area contributed by atoms with Crippen LogP contribution >= 0.6 is 0 Å². The van der Waals surface area contributed by atoms with Gasteiger partial charge in [0.05, 0.1) is 0 Å². The molecule has 4 aliphatic rings. The van der Waals surface area contributed by atoms with E-state index >= 15 is 0 Å². The van der Waals surface area contributed by atoms with Gasteiger partial charge in [0.25, 0.3) is 0 Å². The van der Waals surface area contributed by atoms with Gasteiger partial charge in [-0.15, -0.1) is 0 Å². The lowest BCUT2D eigenvalue weighted by atomic mass is 9.42. The Bertz CT molecular complexity index is 624. The van der Waals surface area contributed by atoms with E-state index in [1.54, 1.807) is 0 Å². The van der Waals surface area contributed by atoms with Gasteiger partial charge in [0.1, 0.15) is 0 Å². The van der Waals surface area contributed by atoms with E-state index in [9.17, 15) is 4.79 Å². The van der Waals surface area contributed by atoms with Crippen LogP contribution in [-0.4, -0.2) is 11.9 Å². The predicted octanol–water partition coefficient (Wildman–Crippen LogP) is 6.98. The summed E-state index contributed by atoms with van der Waals surface area (Å²) in [4.78, 5) is 12.4. The molecule has 1 N–H and O–H groups in total. The molecule has 3 aliphatic carbocycles. The molecule has 1 amide bonds. The molecule has 1 saturated heterocycles. The summed E-state index contributed by atoms with van der Waals surface area (Å²) in [6.07, 6.45) is 14.8. The molecule has 0 bridgehead atoms. The number of amides is 1. The first-order valence-electron chi connectivity index (χ1n) is 12.9. The molecule has 0 radical (unpaired) electrons. The van der Waals surface area contributed by atoms with Gasteiger partial charge in [-0.1, -0.05) is 60.8 Å². The Morgan fingerprint density at radius 1 is 0.966 bits per heavy atom. The lowest BCUT2D eigenvalue weighted by molar-refractivity contribution is -0.164. The maximum absolute atomic E-state index is 12.4. The summed E-state index contributed by atoms with van der Waals surface area (Å²) < 4.78 is 0. The van der Waals surface area contributed by atoms with E-state index < -0.39 is 0 Å². The number of carbonyl (C=O) groups excluding carboxylic acids is 1. The minimum absolute atomic E-state index is 0.117. The molecule has 1 heterocycles. The molecule has 4 fully saturated rings. The first-order chi connectivity index (χ1) is 13.6. The van der Waals surface area contributed by atoms with Crippen LogP contribution < -0.4 is 5.32 Å². The van der Waals surface area contributed by atoms with Gasteiger partial charge >= 0.3 is 0 Å². The van der Waals surface area contributed by atoms with Gasteiger partial charge in [-0.05, 0) is 90.8 Å². The highest BCUT2D eigenvalue weighted by Gasteiger charge is 2.64. The van der Waals surface area contributed by atoms with Gasteiger partial charge in [-0.25, -0.2) is 0 Å². The van der Waals surface area contributed by atoms with E-state index in [0.717, 1.165) is 29.6 Å². The largest absolute Gasteiger partial charge is 0.353 e. The van der Waals surface area contributed by atoms with Gasteiger partial charge in [0.15, 0.2) is 0 Å². The zero-order chi connectivity index (χ0) is 21.0. The molecule has 2 heteroatoms. The van der Waals surface area contributed by atoms with Crippen molar-refractivity contribution in [1.29, 1.82) is 0 Å². The smallest absolute Gasteiger partial charge is 0.220 e. The van der Waals surface area contributed by atoms with Crippen molar-refractivity contribution in [3.8, 4) is 0 Å². The van der Waals surface area contributed by atoms with E-state index in [1.165, 1.54) is 64.2 Å². The summed E-state index contributed by atoms with van der Waals surface area (Å²) >= 11 is 0. The van der Waals surface area contributed by atoms with Gasteiger partial charge in [-0.2, -0.15) is 0 Å². The normalized spacial score (nSPS) is 46.0. The van der Waals surface area contributed by atoms with Gasteiger partial charge in [0.2, 0.25) is 5.91 Å². The van der Waals surface area contributed by atoms with Crippen molar-refractivity contribution in [1.82, 2.24) is 5.32 Å². The van der Waals surface area contributed by atoms with Crippen molar-refractivity contribution in [2.24, 2.45) is 45.8 Å². The fourth-order valence-electron chi connectivity index (χ4n) is 8.91. The molecule has 29 heavy (non-hydrogen) atoms. The Labute approximate surface area is 180 Å². The first kappa shape index (κ1) is 21.7. The maximum Gasteiger partial charge on any atom is 0.220 e. The van der Waals surface area contributed by atoms with Crippen LogP contribution in [0.15, 0.2) is 0 Å². The Balaban J connectivity index is 1.50. The van der Waals surface area contributed by atoms with Crippen LogP contribution in [0.25, 0.3) is 0 Å². The first-order valence-corrected chi connectivity index (χ1v) is 12.9. The van der Waals surface area contributed by atoms with Crippen molar-refractivity contribution in [3.63, 3.8) is 0 Å². The summed E-state index contributed by atoms with van der Waals surface area (Å²) in [7, 11) is 0. The van der Waals surface area contributed by atoms with Crippen molar-refractivity contribution in [3.05, 3.63) is 0 Å². The Morgan fingerprint density at radius 2 is 1.72 bits per heavy atom. The highest BCUT2D eigenvalue weighted by molar-refractivity contribution is 5.78. The average Bonchev–Trinajstić information content (AvgIpc) is 2.96. The monoisotopic (exact) mass is 401 g/mol. The number of nitrogens with one attached hydrogen (secondary N) is 1. The van der Waals surface area contributed by atoms with Crippen LogP contribution in [0.5, 0.6) is 0 Å². The lowest BCUT2D eigenvalue weighted by Gasteiger charge is -2.65. The topological polar surface area (TPSA) is 29.1 Å². The van der Waals surface area contributed by atoms with Crippen molar-refractivity contribution in [2.45, 2.75) is 118 Å². The second-order valence-electron chi connectivity index (χ2n) is 12.9. The molecule has 0 aromatic carbocycles. The number of hydrogen-bond donors (Lipinski definition) is 1. The SMILES string of the molecule is CC(C)CCCC[C@H]1CC[C@H]2[C@@H]3CC[C@H]4NC(=O)CC(C)(C)[C@]4(C)[C@H]3CC[C@]12C. The summed E-state index contributed by atoms with van der Waals surface area (Å²) in [5, 5.41) is 3.43. The molecule has 0 aromatic rings. The fraction of sp³-hybridized carbons (Fsp3) is 0.963. The molecular weight excluding hydrogens is 354 g/mol. The fourth-order valence-corrected chi connectivity index (χ4v) is 8.91. The third-order valence-corrected chi connectivity index (χ3v) is 10.9. The van der Waals surface area contributed by atoms with Crippen molar-refractivity contribution >= 4 is 5.91 Å². The Hall–Kier alpha value is -0.530. The number of carbonyl (C=O) groups is 1. The second-order valence-corrected chi connectivity index (χ2v) is 12.9. The van der Waals surface area contributed by atoms with Gasteiger partial charge in [0, 0.05) is 12.5 Å². The molecule has 7 atom stereocenters. The van der Waals surface area contributed by atoms with Crippen LogP contribution in [0, 0.1) is 45.8 Å². The third kappa shape index (κ3) is 3.39. The zero-order valence-electron chi connectivity index (χ0n) is 20.2. The van der Waals surface area contributed by atoms with E-state index in [2.05, 4.69) is 46.9 Å².